The Bertz CT molecular complexity index is 302. The van der Waals surface area contributed by atoms with Crippen LogP contribution in [0.4, 0.5) is 0 Å². The predicted octanol–water partition coefficient (Wildman–Crippen LogP) is 3.68. The Morgan fingerprint density at radius 1 is 1.16 bits per heavy atom. The van der Waals surface area contributed by atoms with Crippen molar-refractivity contribution >= 4 is 0 Å². The van der Waals surface area contributed by atoms with Gasteiger partial charge in [0, 0.05) is 18.6 Å². The lowest BCUT2D eigenvalue weighted by molar-refractivity contribution is -0.0241. The molecule has 1 saturated heterocycles. The van der Waals surface area contributed by atoms with Crippen molar-refractivity contribution in [3.63, 3.8) is 0 Å². The fraction of sp³-hybridized carbons (Fsp3) is 1.00. The maximum atomic E-state index is 10.4. The number of likely N-dealkylation sites (tertiary alicyclic amines) is 1. The van der Waals surface area contributed by atoms with Crippen LogP contribution in [0.15, 0.2) is 0 Å². The Morgan fingerprint density at radius 2 is 1.84 bits per heavy atom. The van der Waals surface area contributed by atoms with Crippen molar-refractivity contribution in [1.82, 2.24) is 4.90 Å². The highest BCUT2D eigenvalue weighted by Gasteiger charge is 2.42. The van der Waals surface area contributed by atoms with Crippen LogP contribution in [-0.2, 0) is 0 Å². The molecule has 0 spiro atoms. The van der Waals surface area contributed by atoms with Gasteiger partial charge in [-0.2, -0.15) is 0 Å². The number of nitrogens with zero attached hydrogens (tertiary/aromatic N) is 1. The molecule has 0 aromatic heterocycles. The molecule has 2 rings (SSSR count). The largest absolute Gasteiger partial charge is 0.391 e. The average Bonchev–Trinajstić information content (AvgIpc) is 2.68. The van der Waals surface area contributed by atoms with E-state index < -0.39 is 0 Å². The van der Waals surface area contributed by atoms with Crippen LogP contribution in [0.1, 0.15) is 66.7 Å². The molecule has 19 heavy (non-hydrogen) atoms. The molecule has 2 heteroatoms. The van der Waals surface area contributed by atoms with E-state index >= 15 is 0 Å². The van der Waals surface area contributed by atoms with Crippen LogP contribution < -0.4 is 0 Å². The van der Waals surface area contributed by atoms with Crippen molar-refractivity contribution < 1.29 is 5.11 Å². The molecule has 0 radical (unpaired) electrons. The summed E-state index contributed by atoms with van der Waals surface area (Å²) in [7, 11) is 0. The summed E-state index contributed by atoms with van der Waals surface area (Å²) in [6, 6.07) is 1.06. The van der Waals surface area contributed by atoms with Gasteiger partial charge in [0.1, 0.15) is 0 Å². The van der Waals surface area contributed by atoms with E-state index in [2.05, 4.69) is 39.5 Å². The molecule has 1 saturated carbocycles. The molecule has 0 aromatic carbocycles. The maximum Gasteiger partial charge on any atom is 0.0695 e. The Labute approximate surface area is 119 Å². The van der Waals surface area contributed by atoms with Gasteiger partial charge in [-0.05, 0) is 49.9 Å². The zero-order chi connectivity index (χ0) is 14.2. The van der Waals surface area contributed by atoms with E-state index in [1.54, 1.807) is 0 Å². The zero-order valence-electron chi connectivity index (χ0n) is 13.5. The van der Waals surface area contributed by atoms with Gasteiger partial charge in [0.05, 0.1) is 6.10 Å². The predicted molar refractivity (Wildman–Crippen MR) is 81.2 cm³/mol. The van der Waals surface area contributed by atoms with E-state index in [0.29, 0.717) is 17.5 Å². The lowest BCUT2D eigenvalue weighted by Crippen LogP contribution is -2.50. The molecule has 1 aliphatic carbocycles. The minimum Gasteiger partial charge on any atom is -0.391 e. The lowest BCUT2D eigenvalue weighted by Gasteiger charge is -2.45. The SMILES string of the molecule is CCC(C)(C)C1CCC(O)C(N2CC(C)CC2C)C1. The molecule has 1 heterocycles. The van der Waals surface area contributed by atoms with Gasteiger partial charge >= 0.3 is 0 Å². The molecule has 2 nitrogen and oxygen atoms in total. The molecular weight excluding hydrogens is 234 g/mol. The number of aliphatic hydroxyl groups excluding tert-OH is 1. The normalized spacial score (nSPS) is 41.7. The Morgan fingerprint density at radius 3 is 2.37 bits per heavy atom. The van der Waals surface area contributed by atoms with Gasteiger partial charge in [-0.25, -0.2) is 0 Å². The van der Waals surface area contributed by atoms with E-state index in [1.165, 1.54) is 32.2 Å². The van der Waals surface area contributed by atoms with Crippen LogP contribution in [0.3, 0.4) is 0 Å². The van der Waals surface area contributed by atoms with Crippen molar-refractivity contribution in [2.24, 2.45) is 17.3 Å². The third kappa shape index (κ3) is 3.16. The number of hydrogen-bond acceptors (Lipinski definition) is 2. The fourth-order valence-corrected chi connectivity index (χ4v) is 4.28. The van der Waals surface area contributed by atoms with Crippen LogP contribution in [0.25, 0.3) is 0 Å². The smallest absolute Gasteiger partial charge is 0.0695 e. The molecule has 1 aliphatic heterocycles. The summed E-state index contributed by atoms with van der Waals surface area (Å²) in [6.45, 7) is 13.0. The van der Waals surface area contributed by atoms with Gasteiger partial charge in [-0.1, -0.05) is 34.1 Å². The molecule has 2 fully saturated rings. The molecule has 5 atom stereocenters. The summed E-state index contributed by atoms with van der Waals surface area (Å²) < 4.78 is 0. The summed E-state index contributed by atoms with van der Waals surface area (Å²) in [5, 5.41) is 10.4. The third-order valence-corrected chi connectivity index (χ3v) is 6.06. The second kappa shape index (κ2) is 5.73. The van der Waals surface area contributed by atoms with E-state index in [1.807, 2.05) is 0 Å². The highest BCUT2D eigenvalue weighted by atomic mass is 16.3. The van der Waals surface area contributed by atoms with Crippen molar-refractivity contribution in [3.05, 3.63) is 0 Å². The molecule has 5 unspecified atom stereocenters. The van der Waals surface area contributed by atoms with Crippen LogP contribution >= 0.6 is 0 Å². The van der Waals surface area contributed by atoms with Gasteiger partial charge in [-0.15, -0.1) is 0 Å². The first-order chi connectivity index (χ1) is 8.85. The summed E-state index contributed by atoms with van der Waals surface area (Å²) in [6.07, 6.45) is 5.83. The van der Waals surface area contributed by atoms with Crippen molar-refractivity contribution in [3.8, 4) is 0 Å². The summed E-state index contributed by atoms with van der Waals surface area (Å²) in [5.74, 6) is 1.57. The first-order valence-electron chi connectivity index (χ1n) is 8.29. The van der Waals surface area contributed by atoms with Gasteiger partial charge in [0.25, 0.3) is 0 Å². The van der Waals surface area contributed by atoms with Crippen molar-refractivity contribution in [2.45, 2.75) is 84.9 Å². The molecule has 0 aromatic rings. The van der Waals surface area contributed by atoms with Gasteiger partial charge in [0.15, 0.2) is 0 Å². The standard InChI is InChI=1S/C17H33NO/c1-6-17(4,5)14-7-8-16(19)15(10-14)18-11-12(2)9-13(18)3/h12-16,19H,6-11H2,1-5H3. The minimum atomic E-state index is -0.100. The lowest BCUT2D eigenvalue weighted by atomic mass is 9.67. The maximum absolute atomic E-state index is 10.4. The molecule has 0 bridgehead atoms. The van der Waals surface area contributed by atoms with E-state index in [0.717, 1.165) is 18.3 Å². The van der Waals surface area contributed by atoms with Gasteiger partial charge in [-0.3, -0.25) is 4.90 Å². The first kappa shape index (κ1) is 15.3. The monoisotopic (exact) mass is 267 g/mol. The number of aliphatic hydroxyl groups is 1. The summed E-state index contributed by atoms with van der Waals surface area (Å²) >= 11 is 0. The van der Waals surface area contributed by atoms with Gasteiger partial charge < -0.3 is 5.11 Å². The second-order valence-electron chi connectivity index (χ2n) is 7.87. The Hall–Kier alpha value is -0.0800. The minimum absolute atomic E-state index is 0.100. The van der Waals surface area contributed by atoms with Crippen molar-refractivity contribution in [1.29, 1.82) is 0 Å². The number of rotatable bonds is 3. The number of hydrogen-bond donors (Lipinski definition) is 1. The Balaban J connectivity index is 2.07. The summed E-state index contributed by atoms with van der Waals surface area (Å²) in [5.41, 5.74) is 0.424. The topological polar surface area (TPSA) is 23.5 Å². The van der Waals surface area contributed by atoms with Crippen LogP contribution in [0.2, 0.25) is 0 Å². The van der Waals surface area contributed by atoms with Crippen molar-refractivity contribution in [2.75, 3.05) is 6.54 Å². The van der Waals surface area contributed by atoms with E-state index in [4.69, 9.17) is 0 Å². The van der Waals surface area contributed by atoms with Crippen LogP contribution in [-0.4, -0.2) is 34.7 Å². The quantitative estimate of drug-likeness (QED) is 0.843. The highest BCUT2D eigenvalue weighted by Crippen LogP contribution is 2.43. The molecule has 112 valence electrons. The summed E-state index contributed by atoms with van der Waals surface area (Å²) in [4.78, 5) is 2.60. The zero-order valence-corrected chi connectivity index (χ0v) is 13.5. The highest BCUT2D eigenvalue weighted by molar-refractivity contribution is 4.95. The Kier molecular flexibility index (Phi) is 4.62. The molecule has 0 amide bonds. The van der Waals surface area contributed by atoms with E-state index in [-0.39, 0.29) is 6.10 Å². The fourth-order valence-electron chi connectivity index (χ4n) is 4.28. The molecule has 2 aliphatic rings. The van der Waals surface area contributed by atoms with Crippen LogP contribution in [0, 0.1) is 17.3 Å². The molecule has 1 N–H and O–H groups in total. The average molecular weight is 267 g/mol. The van der Waals surface area contributed by atoms with E-state index in [9.17, 15) is 5.11 Å². The first-order valence-corrected chi connectivity index (χ1v) is 8.29. The second-order valence-corrected chi connectivity index (χ2v) is 7.87. The van der Waals surface area contributed by atoms with Gasteiger partial charge in [0.2, 0.25) is 0 Å². The third-order valence-electron chi connectivity index (χ3n) is 6.06. The van der Waals surface area contributed by atoms with Crippen LogP contribution in [0.5, 0.6) is 0 Å². The molecular formula is C17H33NO.